The van der Waals surface area contributed by atoms with Gasteiger partial charge >= 0.3 is 17.9 Å². The zero-order valence-electron chi connectivity index (χ0n) is 39.3. The normalized spacial score (nSPS) is 12.3. The highest BCUT2D eigenvalue weighted by atomic mass is 16.6. The third kappa shape index (κ3) is 46.5. The SMILES string of the molecule is CCCCC/C=C\C/C=C\C/C=C\CCCCC(=O)OC[C@H](COC(=O)CCCCCCCCCCCCCCCCC)OC(=O)CCCCCCCCCCCCC. The van der Waals surface area contributed by atoms with Crippen molar-refractivity contribution >= 4 is 17.9 Å². The summed E-state index contributed by atoms with van der Waals surface area (Å²) in [5, 5.41) is 0. The predicted molar refractivity (Wildman–Crippen MR) is 252 cm³/mol. The average Bonchev–Trinajstić information content (AvgIpc) is 3.23. The summed E-state index contributed by atoms with van der Waals surface area (Å²) in [5.74, 6) is -0.910. The number of hydrogen-bond acceptors (Lipinski definition) is 6. The molecular formula is C53H96O6. The summed E-state index contributed by atoms with van der Waals surface area (Å²) in [4.78, 5) is 37.9. The third-order valence-corrected chi connectivity index (χ3v) is 11.1. The summed E-state index contributed by atoms with van der Waals surface area (Å²) >= 11 is 0. The van der Waals surface area contributed by atoms with Crippen molar-refractivity contribution in [3.05, 3.63) is 36.5 Å². The van der Waals surface area contributed by atoms with Crippen LogP contribution in [0, 0.1) is 0 Å². The molecule has 0 aromatic heterocycles. The molecular weight excluding hydrogens is 733 g/mol. The van der Waals surface area contributed by atoms with Crippen LogP contribution in [0.1, 0.15) is 265 Å². The fourth-order valence-corrected chi connectivity index (χ4v) is 7.27. The van der Waals surface area contributed by atoms with Crippen molar-refractivity contribution in [3.63, 3.8) is 0 Å². The second-order valence-electron chi connectivity index (χ2n) is 17.1. The fourth-order valence-electron chi connectivity index (χ4n) is 7.27. The fraction of sp³-hybridized carbons (Fsp3) is 0.830. The Kier molecular flexibility index (Phi) is 46.4. The number of rotatable bonds is 46. The van der Waals surface area contributed by atoms with Crippen molar-refractivity contribution in [3.8, 4) is 0 Å². The van der Waals surface area contributed by atoms with Crippen molar-refractivity contribution in [2.75, 3.05) is 13.2 Å². The Hall–Kier alpha value is -2.37. The third-order valence-electron chi connectivity index (χ3n) is 11.1. The Morgan fingerprint density at radius 3 is 0.983 bits per heavy atom. The zero-order valence-corrected chi connectivity index (χ0v) is 39.3. The van der Waals surface area contributed by atoms with Gasteiger partial charge in [-0.15, -0.1) is 0 Å². The number of esters is 3. The van der Waals surface area contributed by atoms with E-state index in [1.807, 2.05) is 0 Å². The first-order valence-corrected chi connectivity index (χ1v) is 25.5. The lowest BCUT2D eigenvalue weighted by atomic mass is 10.0. The number of hydrogen-bond donors (Lipinski definition) is 0. The van der Waals surface area contributed by atoms with Crippen LogP contribution in [0.4, 0.5) is 0 Å². The van der Waals surface area contributed by atoms with E-state index in [0.717, 1.165) is 70.6 Å². The largest absolute Gasteiger partial charge is 0.462 e. The first kappa shape index (κ1) is 56.6. The minimum Gasteiger partial charge on any atom is -0.462 e. The van der Waals surface area contributed by atoms with E-state index in [1.165, 1.54) is 154 Å². The monoisotopic (exact) mass is 829 g/mol. The second-order valence-corrected chi connectivity index (χ2v) is 17.1. The lowest BCUT2D eigenvalue weighted by molar-refractivity contribution is -0.167. The van der Waals surface area contributed by atoms with Gasteiger partial charge in [0, 0.05) is 19.3 Å². The zero-order chi connectivity index (χ0) is 43.0. The topological polar surface area (TPSA) is 78.9 Å². The molecule has 0 heterocycles. The van der Waals surface area contributed by atoms with Gasteiger partial charge in [0.05, 0.1) is 0 Å². The highest BCUT2D eigenvalue weighted by molar-refractivity contribution is 5.71. The van der Waals surface area contributed by atoms with Gasteiger partial charge < -0.3 is 14.2 Å². The number of carbonyl (C=O) groups is 3. The van der Waals surface area contributed by atoms with Crippen molar-refractivity contribution in [2.45, 2.75) is 271 Å². The van der Waals surface area contributed by atoms with E-state index in [9.17, 15) is 14.4 Å². The Morgan fingerprint density at radius 2 is 0.610 bits per heavy atom. The van der Waals surface area contributed by atoms with Crippen LogP contribution in [-0.4, -0.2) is 37.2 Å². The molecule has 0 aliphatic rings. The van der Waals surface area contributed by atoms with Gasteiger partial charge in [-0.3, -0.25) is 14.4 Å². The van der Waals surface area contributed by atoms with E-state index in [0.29, 0.717) is 19.3 Å². The van der Waals surface area contributed by atoms with E-state index in [-0.39, 0.29) is 31.1 Å². The van der Waals surface area contributed by atoms with Crippen LogP contribution in [0.2, 0.25) is 0 Å². The smallest absolute Gasteiger partial charge is 0.306 e. The number of unbranched alkanes of at least 4 members (excludes halogenated alkanes) is 29. The summed E-state index contributed by atoms with van der Waals surface area (Å²) in [6.07, 6.45) is 55.5. The van der Waals surface area contributed by atoms with Gasteiger partial charge in [-0.25, -0.2) is 0 Å². The minimum atomic E-state index is -0.781. The molecule has 0 aliphatic carbocycles. The molecule has 6 nitrogen and oxygen atoms in total. The number of allylic oxidation sites excluding steroid dienone is 6. The van der Waals surface area contributed by atoms with Crippen molar-refractivity contribution in [1.82, 2.24) is 0 Å². The molecule has 0 saturated heterocycles. The maximum atomic E-state index is 12.7. The first-order valence-electron chi connectivity index (χ1n) is 25.5. The molecule has 0 unspecified atom stereocenters. The first-order chi connectivity index (χ1) is 29.0. The molecule has 0 amide bonds. The van der Waals surface area contributed by atoms with Crippen LogP contribution in [0.5, 0.6) is 0 Å². The van der Waals surface area contributed by atoms with Gasteiger partial charge in [0.15, 0.2) is 6.10 Å². The van der Waals surface area contributed by atoms with E-state index >= 15 is 0 Å². The Labute approximate surface area is 365 Å². The highest BCUT2D eigenvalue weighted by Crippen LogP contribution is 2.16. The predicted octanol–water partition coefficient (Wildman–Crippen LogP) is 16.5. The lowest BCUT2D eigenvalue weighted by Crippen LogP contribution is -2.30. The van der Waals surface area contributed by atoms with Crippen LogP contribution >= 0.6 is 0 Å². The standard InChI is InChI=1S/C53H96O6/c1-4-7-10-13-16-19-22-24-26-28-31-33-36-39-42-45-51(54)57-48-50(59-53(56)47-44-41-38-35-30-21-18-15-12-9-6-3)49-58-52(55)46-43-40-37-34-32-29-27-25-23-20-17-14-11-8-5-2/h16,19,24,26,31,33,50H,4-15,17-18,20-23,25,27-30,32,34-49H2,1-3H3/b19-16-,26-24-,33-31-/t50-/m1/s1. The molecule has 6 heteroatoms. The summed E-state index contributed by atoms with van der Waals surface area (Å²) in [6.45, 7) is 6.59. The summed E-state index contributed by atoms with van der Waals surface area (Å²) in [5.41, 5.74) is 0. The lowest BCUT2D eigenvalue weighted by Gasteiger charge is -2.18. The molecule has 0 aromatic carbocycles. The maximum absolute atomic E-state index is 12.7. The molecule has 0 aromatic rings. The molecule has 0 N–H and O–H groups in total. The quantitative estimate of drug-likeness (QED) is 0.0263. The molecule has 1 atom stereocenters. The molecule has 0 bridgehead atoms. The molecule has 0 rings (SSSR count). The van der Waals surface area contributed by atoms with E-state index < -0.39 is 6.10 Å². The molecule has 0 spiro atoms. The minimum absolute atomic E-state index is 0.0800. The van der Waals surface area contributed by atoms with Crippen molar-refractivity contribution in [1.29, 1.82) is 0 Å². The summed E-state index contributed by atoms with van der Waals surface area (Å²) in [7, 11) is 0. The van der Waals surface area contributed by atoms with Crippen molar-refractivity contribution in [2.24, 2.45) is 0 Å². The van der Waals surface area contributed by atoms with Crippen LogP contribution in [0.15, 0.2) is 36.5 Å². The second kappa shape index (κ2) is 48.3. The Morgan fingerprint density at radius 1 is 0.339 bits per heavy atom. The Bertz CT molecular complexity index is 1000. The molecule has 0 saturated carbocycles. The maximum Gasteiger partial charge on any atom is 0.306 e. The van der Waals surface area contributed by atoms with Gasteiger partial charge in [0.2, 0.25) is 0 Å². The van der Waals surface area contributed by atoms with Crippen LogP contribution < -0.4 is 0 Å². The summed E-state index contributed by atoms with van der Waals surface area (Å²) < 4.78 is 16.7. The molecule has 0 fully saturated rings. The van der Waals surface area contributed by atoms with E-state index in [1.54, 1.807) is 0 Å². The van der Waals surface area contributed by atoms with Gasteiger partial charge in [0.25, 0.3) is 0 Å². The van der Waals surface area contributed by atoms with Crippen LogP contribution in [0.3, 0.4) is 0 Å². The van der Waals surface area contributed by atoms with E-state index in [4.69, 9.17) is 14.2 Å². The van der Waals surface area contributed by atoms with Crippen LogP contribution in [-0.2, 0) is 28.6 Å². The number of ether oxygens (including phenoxy) is 3. The Balaban J connectivity index is 4.38. The van der Waals surface area contributed by atoms with Gasteiger partial charge in [-0.1, -0.05) is 224 Å². The van der Waals surface area contributed by atoms with Gasteiger partial charge in [-0.05, 0) is 57.8 Å². The van der Waals surface area contributed by atoms with Gasteiger partial charge in [0.1, 0.15) is 13.2 Å². The molecule has 0 radical (unpaired) electrons. The van der Waals surface area contributed by atoms with Gasteiger partial charge in [-0.2, -0.15) is 0 Å². The molecule has 0 aliphatic heterocycles. The number of carbonyl (C=O) groups excluding carboxylic acids is 3. The van der Waals surface area contributed by atoms with Crippen molar-refractivity contribution < 1.29 is 28.6 Å². The average molecular weight is 829 g/mol. The van der Waals surface area contributed by atoms with Crippen LogP contribution in [0.25, 0.3) is 0 Å². The molecule has 59 heavy (non-hydrogen) atoms. The highest BCUT2D eigenvalue weighted by Gasteiger charge is 2.19. The summed E-state index contributed by atoms with van der Waals surface area (Å²) in [6, 6.07) is 0. The van der Waals surface area contributed by atoms with E-state index in [2.05, 4.69) is 57.2 Å². The molecule has 344 valence electrons.